The maximum absolute atomic E-state index is 13.6. The number of carbonyl (C=O) groups is 1. The smallest absolute Gasteiger partial charge is 0.162 e. The first kappa shape index (κ1) is 17.1. The first-order valence-corrected chi connectivity index (χ1v) is 9.59. The van der Waals surface area contributed by atoms with Crippen molar-refractivity contribution in [1.29, 1.82) is 0 Å². The molecule has 1 N–H and O–H groups in total. The number of pyridine rings is 1. The summed E-state index contributed by atoms with van der Waals surface area (Å²) < 4.78 is 13.6. The van der Waals surface area contributed by atoms with Gasteiger partial charge < -0.3 is 5.32 Å². The van der Waals surface area contributed by atoms with Gasteiger partial charge in [0.25, 0.3) is 0 Å². The molecular formula is C24H21FN2O. The number of allylic oxidation sites excluding steroid dienone is 2. The van der Waals surface area contributed by atoms with Crippen molar-refractivity contribution in [3.63, 3.8) is 0 Å². The lowest BCUT2D eigenvalue weighted by molar-refractivity contribution is -0.118. The number of nitrogens with zero attached hydrogens (tertiary/aromatic N) is 1. The van der Waals surface area contributed by atoms with Crippen LogP contribution in [0.3, 0.4) is 0 Å². The van der Waals surface area contributed by atoms with Crippen molar-refractivity contribution >= 4 is 22.4 Å². The van der Waals surface area contributed by atoms with E-state index in [9.17, 15) is 9.18 Å². The summed E-state index contributed by atoms with van der Waals surface area (Å²) in [5.74, 6) is -0.328. The molecule has 2 aliphatic rings. The highest BCUT2D eigenvalue weighted by atomic mass is 19.1. The summed E-state index contributed by atoms with van der Waals surface area (Å²) in [7, 11) is 0. The summed E-state index contributed by atoms with van der Waals surface area (Å²) in [5, 5.41) is 4.56. The number of hydrogen-bond donors (Lipinski definition) is 1. The molecule has 1 unspecified atom stereocenters. The highest BCUT2D eigenvalue weighted by molar-refractivity contribution is 6.04. The van der Waals surface area contributed by atoms with Crippen LogP contribution in [-0.2, 0) is 4.79 Å². The quantitative estimate of drug-likeness (QED) is 0.607. The summed E-state index contributed by atoms with van der Waals surface area (Å²) in [4.78, 5) is 17.7. The van der Waals surface area contributed by atoms with Gasteiger partial charge in [-0.15, -0.1) is 0 Å². The third kappa shape index (κ3) is 2.63. The summed E-state index contributed by atoms with van der Waals surface area (Å²) in [6.45, 7) is 4.26. The minimum absolute atomic E-state index is 0.0772. The Kier molecular flexibility index (Phi) is 3.66. The number of fused-ring (bicyclic) bond motifs is 3. The van der Waals surface area contributed by atoms with Gasteiger partial charge in [0.2, 0.25) is 0 Å². The number of Topliss-reactive ketones (excluding diaryl/α,β-unsaturated/α-hetero) is 1. The van der Waals surface area contributed by atoms with E-state index in [1.165, 1.54) is 12.1 Å². The van der Waals surface area contributed by atoms with E-state index >= 15 is 0 Å². The zero-order valence-electron chi connectivity index (χ0n) is 15.9. The summed E-state index contributed by atoms with van der Waals surface area (Å²) in [6.07, 6.45) is 3.11. The number of aromatic nitrogens is 1. The van der Waals surface area contributed by atoms with Gasteiger partial charge >= 0.3 is 0 Å². The zero-order chi connectivity index (χ0) is 19.5. The third-order valence-corrected chi connectivity index (χ3v) is 5.81. The van der Waals surface area contributed by atoms with Gasteiger partial charge in [-0.3, -0.25) is 9.78 Å². The molecule has 4 heteroatoms. The van der Waals surface area contributed by atoms with Crippen molar-refractivity contribution in [3.05, 3.63) is 82.9 Å². The van der Waals surface area contributed by atoms with Crippen LogP contribution in [0.1, 0.15) is 43.7 Å². The van der Waals surface area contributed by atoms with Gasteiger partial charge in [-0.2, -0.15) is 0 Å². The zero-order valence-corrected chi connectivity index (χ0v) is 15.9. The van der Waals surface area contributed by atoms with Gasteiger partial charge in [0.15, 0.2) is 5.78 Å². The van der Waals surface area contributed by atoms with E-state index in [1.54, 1.807) is 18.3 Å². The predicted molar refractivity (Wildman–Crippen MR) is 109 cm³/mol. The number of hydrogen-bond acceptors (Lipinski definition) is 3. The summed E-state index contributed by atoms with van der Waals surface area (Å²) in [5.41, 5.74) is 5.60. The lowest BCUT2D eigenvalue weighted by atomic mass is 9.68. The molecule has 1 aliphatic carbocycles. The molecule has 0 amide bonds. The number of ketones is 1. The van der Waals surface area contributed by atoms with Gasteiger partial charge in [-0.1, -0.05) is 32.0 Å². The molecule has 28 heavy (non-hydrogen) atoms. The van der Waals surface area contributed by atoms with Crippen LogP contribution in [0.5, 0.6) is 0 Å². The van der Waals surface area contributed by atoms with Gasteiger partial charge in [0.1, 0.15) is 5.82 Å². The average molecular weight is 372 g/mol. The number of rotatable bonds is 1. The van der Waals surface area contributed by atoms with Crippen LogP contribution in [0, 0.1) is 11.2 Å². The molecule has 0 saturated carbocycles. The van der Waals surface area contributed by atoms with Crippen LogP contribution >= 0.6 is 0 Å². The number of benzene rings is 2. The van der Waals surface area contributed by atoms with Crippen LogP contribution in [-0.4, -0.2) is 10.8 Å². The Morgan fingerprint density at radius 1 is 1.07 bits per heavy atom. The van der Waals surface area contributed by atoms with Crippen LogP contribution in [0.4, 0.5) is 10.1 Å². The van der Waals surface area contributed by atoms with E-state index in [0.717, 1.165) is 45.4 Å². The van der Waals surface area contributed by atoms with Crippen molar-refractivity contribution in [2.24, 2.45) is 5.41 Å². The molecule has 140 valence electrons. The maximum atomic E-state index is 13.6. The fourth-order valence-electron chi connectivity index (χ4n) is 4.67. The molecule has 0 saturated heterocycles. The van der Waals surface area contributed by atoms with E-state index in [0.29, 0.717) is 6.42 Å². The van der Waals surface area contributed by atoms with Gasteiger partial charge in [0, 0.05) is 40.9 Å². The Morgan fingerprint density at radius 2 is 1.86 bits per heavy atom. The topological polar surface area (TPSA) is 42.0 Å². The second-order valence-corrected chi connectivity index (χ2v) is 8.54. The number of halogens is 1. The molecule has 0 bridgehead atoms. The maximum Gasteiger partial charge on any atom is 0.162 e. The fraction of sp³-hybridized carbons (Fsp3) is 0.250. The fourth-order valence-corrected chi connectivity index (χ4v) is 4.67. The summed E-state index contributed by atoms with van der Waals surface area (Å²) in [6, 6.07) is 14.5. The third-order valence-electron chi connectivity index (χ3n) is 5.81. The largest absolute Gasteiger partial charge is 0.358 e. The lowest BCUT2D eigenvalue weighted by Crippen LogP contribution is -2.33. The Balaban J connectivity index is 1.81. The molecule has 1 atom stereocenters. The standard InChI is InChI=1S/C24H21FN2O/c1-24(2)12-19-23(20(28)13-24)21(14-5-7-15(25)8-6-14)22-16-4-3-11-26-17(16)9-10-18(22)27-19/h3-11,21,27H,12-13H2,1-2H3. The molecule has 1 aromatic heterocycles. The lowest BCUT2D eigenvalue weighted by Gasteiger charge is -2.40. The average Bonchev–Trinajstić information content (AvgIpc) is 2.66. The van der Waals surface area contributed by atoms with Crippen LogP contribution in [0.2, 0.25) is 0 Å². The Bertz CT molecular complexity index is 1140. The van der Waals surface area contributed by atoms with Crippen molar-refractivity contribution < 1.29 is 9.18 Å². The predicted octanol–water partition coefficient (Wildman–Crippen LogP) is 5.57. The van der Waals surface area contributed by atoms with Crippen molar-refractivity contribution in [2.75, 3.05) is 5.32 Å². The Hall–Kier alpha value is -3.01. The second-order valence-electron chi connectivity index (χ2n) is 8.54. The van der Waals surface area contributed by atoms with Gasteiger partial charge in [0.05, 0.1) is 5.52 Å². The van der Waals surface area contributed by atoms with Crippen LogP contribution in [0.15, 0.2) is 66.0 Å². The highest BCUT2D eigenvalue weighted by Gasteiger charge is 2.41. The van der Waals surface area contributed by atoms with E-state index in [1.807, 2.05) is 24.3 Å². The van der Waals surface area contributed by atoms with E-state index in [-0.39, 0.29) is 22.9 Å². The van der Waals surface area contributed by atoms with Crippen molar-refractivity contribution in [1.82, 2.24) is 4.98 Å². The molecule has 1 aliphatic heterocycles. The molecule has 5 rings (SSSR count). The second kappa shape index (κ2) is 5.99. The molecule has 2 aromatic carbocycles. The first-order valence-electron chi connectivity index (χ1n) is 9.59. The van der Waals surface area contributed by atoms with E-state index in [4.69, 9.17) is 0 Å². The van der Waals surface area contributed by atoms with Gasteiger partial charge in [-0.25, -0.2) is 4.39 Å². The van der Waals surface area contributed by atoms with Crippen LogP contribution in [0.25, 0.3) is 10.9 Å². The van der Waals surface area contributed by atoms with E-state index in [2.05, 4.69) is 24.1 Å². The van der Waals surface area contributed by atoms with E-state index < -0.39 is 0 Å². The number of anilines is 1. The van der Waals surface area contributed by atoms with Crippen LogP contribution < -0.4 is 5.32 Å². The SMILES string of the molecule is CC1(C)CC(=O)C2=C(C1)Nc1ccc3ncccc3c1C2c1ccc(F)cc1. The molecule has 3 aromatic rings. The molecule has 0 spiro atoms. The van der Waals surface area contributed by atoms with Crippen molar-refractivity contribution in [2.45, 2.75) is 32.6 Å². The highest BCUT2D eigenvalue weighted by Crippen LogP contribution is 2.50. The number of carbonyl (C=O) groups excluding carboxylic acids is 1. The molecule has 0 radical (unpaired) electrons. The summed E-state index contributed by atoms with van der Waals surface area (Å²) >= 11 is 0. The van der Waals surface area contributed by atoms with Crippen molar-refractivity contribution in [3.8, 4) is 0 Å². The minimum Gasteiger partial charge on any atom is -0.358 e. The molecule has 2 heterocycles. The first-order chi connectivity index (χ1) is 13.4. The minimum atomic E-state index is -0.275. The normalized spacial score (nSPS) is 20.5. The number of nitrogens with one attached hydrogen (secondary N) is 1. The molecule has 0 fully saturated rings. The molecule has 3 nitrogen and oxygen atoms in total. The Morgan fingerprint density at radius 3 is 2.64 bits per heavy atom. The van der Waals surface area contributed by atoms with Gasteiger partial charge in [-0.05, 0) is 53.3 Å². The monoisotopic (exact) mass is 372 g/mol. The Labute approximate surface area is 163 Å². The molecular weight excluding hydrogens is 351 g/mol.